The first-order chi connectivity index (χ1) is 12.1. The summed E-state index contributed by atoms with van der Waals surface area (Å²) in [6.45, 7) is 2.87. The molecule has 1 saturated heterocycles. The quantitative estimate of drug-likeness (QED) is 0.785. The number of para-hydroxylation sites is 1. The van der Waals surface area contributed by atoms with Crippen molar-refractivity contribution < 1.29 is 14.3 Å². The van der Waals surface area contributed by atoms with E-state index in [1.807, 2.05) is 53.4 Å². The highest BCUT2D eigenvalue weighted by atomic mass is 16.5. The number of nitrogens with zero attached hydrogens (tertiary/aromatic N) is 1. The number of ether oxygens (including phenoxy) is 1. The van der Waals surface area contributed by atoms with Crippen LogP contribution in [0.2, 0.25) is 0 Å². The van der Waals surface area contributed by atoms with Crippen LogP contribution < -0.4 is 4.74 Å². The maximum Gasteiger partial charge on any atom is 0.227 e. The van der Waals surface area contributed by atoms with Crippen LogP contribution >= 0.6 is 0 Å². The molecule has 4 heteroatoms. The standard InChI is InChI=1S/C21H23NO3/c1-16(23)19-11-5-6-12-20(19)25-18-10-7-13-22(15-18)21(24)14-17-8-3-2-4-9-17/h2-6,8-9,11-12,18H,7,10,13-15H2,1H3. The van der Waals surface area contributed by atoms with E-state index >= 15 is 0 Å². The number of benzene rings is 2. The van der Waals surface area contributed by atoms with E-state index in [2.05, 4.69) is 0 Å². The van der Waals surface area contributed by atoms with Crippen molar-refractivity contribution in [2.75, 3.05) is 13.1 Å². The molecule has 1 aliphatic heterocycles. The molecule has 1 unspecified atom stereocenters. The molecule has 0 bridgehead atoms. The van der Waals surface area contributed by atoms with Crippen LogP contribution in [-0.2, 0) is 11.2 Å². The Kier molecular flexibility index (Phi) is 5.49. The average Bonchev–Trinajstić information content (AvgIpc) is 2.63. The summed E-state index contributed by atoms with van der Waals surface area (Å²) in [4.78, 5) is 26.2. The summed E-state index contributed by atoms with van der Waals surface area (Å²) in [6.07, 6.45) is 2.14. The Bertz CT molecular complexity index is 742. The van der Waals surface area contributed by atoms with Crippen molar-refractivity contribution in [1.29, 1.82) is 0 Å². The lowest BCUT2D eigenvalue weighted by Gasteiger charge is -2.33. The number of carbonyl (C=O) groups is 2. The molecule has 1 aliphatic rings. The monoisotopic (exact) mass is 337 g/mol. The molecule has 1 heterocycles. The zero-order chi connectivity index (χ0) is 17.6. The van der Waals surface area contributed by atoms with Gasteiger partial charge in [-0.3, -0.25) is 9.59 Å². The summed E-state index contributed by atoms with van der Waals surface area (Å²) in [5, 5.41) is 0. The van der Waals surface area contributed by atoms with E-state index in [0.29, 0.717) is 24.3 Å². The van der Waals surface area contributed by atoms with Gasteiger partial charge >= 0.3 is 0 Å². The Labute approximate surface area is 148 Å². The van der Waals surface area contributed by atoms with Crippen LogP contribution in [0, 0.1) is 0 Å². The summed E-state index contributed by atoms with van der Waals surface area (Å²) in [7, 11) is 0. The largest absolute Gasteiger partial charge is 0.488 e. The first-order valence-electron chi connectivity index (χ1n) is 8.72. The molecule has 130 valence electrons. The zero-order valence-corrected chi connectivity index (χ0v) is 14.5. The number of piperidine rings is 1. The van der Waals surface area contributed by atoms with Crippen LogP contribution in [0.1, 0.15) is 35.7 Å². The Balaban J connectivity index is 1.63. The number of carbonyl (C=O) groups excluding carboxylic acids is 2. The molecule has 0 saturated carbocycles. The molecule has 0 radical (unpaired) electrons. The lowest BCUT2D eigenvalue weighted by molar-refractivity contribution is -0.133. The fourth-order valence-corrected chi connectivity index (χ4v) is 3.18. The number of likely N-dealkylation sites (tertiary alicyclic amines) is 1. The number of rotatable bonds is 5. The van der Waals surface area contributed by atoms with Gasteiger partial charge in [0.05, 0.1) is 18.5 Å². The summed E-state index contributed by atoms with van der Waals surface area (Å²) in [5.74, 6) is 0.722. The van der Waals surface area contributed by atoms with E-state index in [9.17, 15) is 9.59 Å². The van der Waals surface area contributed by atoms with Gasteiger partial charge in [-0.25, -0.2) is 0 Å². The molecule has 0 aromatic heterocycles. The van der Waals surface area contributed by atoms with Gasteiger partial charge in [0.1, 0.15) is 11.9 Å². The van der Waals surface area contributed by atoms with Gasteiger partial charge in [-0.2, -0.15) is 0 Å². The van der Waals surface area contributed by atoms with E-state index in [-0.39, 0.29) is 17.8 Å². The number of amides is 1. The maximum absolute atomic E-state index is 12.6. The molecular weight excluding hydrogens is 314 g/mol. The first kappa shape index (κ1) is 17.2. The predicted octanol–water partition coefficient (Wildman–Crippen LogP) is 3.50. The Hall–Kier alpha value is -2.62. The van der Waals surface area contributed by atoms with Gasteiger partial charge in [0.15, 0.2) is 5.78 Å². The van der Waals surface area contributed by atoms with Gasteiger partial charge in [-0.1, -0.05) is 42.5 Å². The lowest BCUT2D eigenvalue weighted by Crippen LogP contribution is -2.45. The molecular formula is C21H23NO3. The second-order valence-corrected chi connectivity index (χ2v) is 6.44. The molecule has 3 rings (SSSR count). The van der Waals surface area contributed by atoms with E-state index in [4.69, 9.17) is 4.74 Å². The summed E-state index contributed by atoms with van der Waals surface area (Å²) in [6, 6.07) is 17.1. The lowest BCUT2D eigenvalue weighted by atomic mass is 10.1. The summed E-state index contributed by atoms with van der Waals surface area (Å²) < 4.78 is 6.06. The summed E-state index contributed by atoms with van der Waals surface area (Å²) in [5.41, 5.74) is 1.62. The normalized spacial score (nSPS) is 17.2. The van der Waals surface area contributed by atoms with Gasteiger partial charge in [0, 0.05) is 6.54 Å². The molecule has 1 atom stereocenters. The highest BCUT2D eigenvalue weighted by molar-refractivity contribution is 5.96. The van der Waals surface area contributed by atoms with E-state index in [1.165, 1.54) is 0 Å². The fraction of sp³-hybridized carbons (Fsp3) is 0.333. The van der Waals surface area contributed by atoms with Crippen molar-refractivity contribution >= 4 is 11.7 Å². The van der Waals surface area contributed by atoms with Crippen molar-refractivity contribution in [2.24, 2.45) is 0 Å². The van der Waals surface area contributed by atoms with Gasteiger partial charge < -0.3 is 9.64 Å². The van der Waals surface area contributed by atoms with E-state index in [0.717, 1.165) is 24.9 Å². The van der Waals surface area contributed by atoms with Crippen LogP contribution in [0.3, 0.4) is 0 Å². The Morgan fingerprint density at radius 2 is 1.80 bits per heavy atom. The van der Waals surface area contributed by atoms with Gasteiger partial charge in [-0.05, 0) is 37.5 Å². The van der Waals surface area contributed by atoms with Crippen molar-refractivity contribution in [3.63, 3.8) is 0 Å². The van der Waals surface area contributed by atoms with Crippen LogP contribution in [0.15, 0.2) is 54.6 Å². The maximum atomic E-state index is 12.6. The van der Waals surface area contributed by atoms with E-state index in [1.54, 1.807) is 13.0 Å². The van der Waals surface area contributed by atoms with Crippen molar-refractivity contribution in [1.82, 2.24) is 4.90 Å². The minimum atomic E-state index is -0.0750. The summed E-state index contributed by atoms with van der Waals surface area (Å²) >= 11 is 0. The Morgan fingerprint density at radius 1 is 1.08 bits per heavy atom. The fourth-order valence-electron chi connectivity index (χ4n) is 3.18. The first-order valence-corrected chi connectivity index (χ1v) is 8.72. The van der Waals surface area contributed by atoms with Crippen LogP contribution in [0.25, 0.3) is 0 Å². The van der Waals surface area contributed by atoms with E-state index < -0.39 is 0 Å². The van der Waals surface area contributed by atoms with Crippen molar-refractivity contribution in [2.45, 2.75) is 32.3 Å². The molecule has 25 heavy (non-hydrogen) atoms. The van der Waals surface area contributed by atoms with Crippen molar-refractivity contribution in [3.05, 3.63) is 65.7 Å². The molecule has 2 aromatic carbocycles. The molecule has 0 aliphatic carbocycles. The minimum absolute atomic E-state index is 0.0107. The van der Waals surface area contributed by atoms with Gasteiger partial charge in [0.25, 0.3) is 0 Å². The number of Topliss-reactive ketones (excluding diaryl/α,β-unsaturated/α-hetero) is 1. The Morgan fingerprint density at radius 3 is 2.56 bits per heavy atom. The molecule has 4 nitrogen and oxygen atoms in total. The topological polar surface area (TPSA) is 46.6 Å². The molecule has 1 fully saturated rings. The number of ketones is 1. The highest BCUT2D eigenvalue weighted by Crippen LogP contribution is 2.23. The average molecular weight is 337 g/mol. The number of hydrogen-bond donors (Lipinski definition) is 0. The van der Waals surface area contributed by atoms with Crippen LogP contribution in [0.5, 0.6) is 5.75 Å². The second-order valence-electron chi connectivity index (χ2n) is 6.44. The molecule has 0 N–H and O–H groups in total. The van der Waals surface area contributed by atoms with Gasteiger partial charge in [-0.15, -0.1) is 0 Å². The minimum Gasteiger partial charge on any atom is -0.488 e. The van der Waals surface area contributed by atoms with Crippen LogP contribution in [0.4, 0.5) is 0 Å². The third-order valence-corrected chi connectivity index (χ3v) is 4.49. The zero-order valence-electron chi connectivity index (χ0n) is 14.5. The van der Waals surface area contributed by atoms with Gasteiger partial charge in [0.2, 0.25) is 5.91 Å². The SMILES string of the molecule is CC(=O)c1ccccc1OC1CCCN(C(=O)Cc2ccccc2)C1. The van der Waals surface area contributed by atoms with Crippen LogP contribution in [-0.4, -0.2) is 35.8 Å². The predicted molar refractivity (Wildman–Crippen MR) is 96.8 cm³/mol. The highest BCUT2D eigenvalue weighted by Gasteiger charge is 2.25. The smallest absolute Gasteiger partial charge is 0.227 e. The third kappa shape index (κ3) is 4.47. The molecule has 2 aromatic rings. The van der Waals surface area contributed by atoms with Crippen molar-refractivity contribution in [3.8, 4) is 5.75 Å². The molecule has 0 spiro atoms. The third-order valence-electron chi connectivity index (χ3n) is 4.49. The number of hydrogen-bond acceptors (Lipinski definition) is 3. The second kappa shape index (κ2) is 7.97. The molecule has 1 amide bonds.